The van der Waals surface area contributed by atoms with Crippen LogP contribution in [0.25, 0.3) is 0 Å². The molecule has 0 saturated heterocycles. The molecule has 2 aromatic heterocycles. The van der Waals surface area contributed by atoms with E-state index in [0.717, 1.165) is 60.3 Å². The van der Waals surface area contributed by atoms with Crippen LogP contribution in [0.4, 0.5) is 10.5 Å². The minimum atomic E-state index is -3.42. The summed E-state index contributed by atoms with van der Waals surface area (Å²) in [4.78, 5) is 17.5. The smallest absolute Gasteiger partial charge is 0.305 e. The summed E-state index contributed by atoms with van der Waals surface area (Å²) in [5.41, 5.74) is 5.11. The van der Waals surface area contributed by atoms with Crippen LogP contribution in [-0.4, -0.2) is 25.0 Å². The lowest BCUT2D eigenvalue weighted by molar-refractivity contribution is 0.260. The number of carbonyl (C=O) groups excluding carboxylic acids is 1. The first kappa shape index (κ1) is 19.1. The van der Waals surface area contributed by atoms with Crippen molar-refractivity contribution in [1.82, 2.24) is 14.8 Å². The van der Waals surface area contributed by atoms with E-state index in [1.807, 2.05) is 13.8 Å². The van der Waals surface area contributed by atoms with Crippen LogP contribution < -0.4 is 10.5 Å². The predicted octanol–water partition coefficient (Wildman–Crippen LogP) is 3.33. The van der Waals surface area contributed by atoms with Gasteiger partial charge in [-0.25, -0.2) is 14.1 Å². The van der Waals surface area contributed by atoms with Crippen molar-refractivity contribution in [3.8, 4) is 0 Å². The lowest BCUT2D eigenvalue weighted by Crippen LogP contribution is -2.20. The molecule has 2 amide bonds. The summed E-state index contributed by atoms with van der Waals surface area (Å²) in [5, 5.41) is 13.1. The summed E-state index contributed by atoms with van der Waals surface area (Å²) in [6.07, 6.45) is 6.42. The molecule has 3 N–H and O–H groups in total. The molecule has 28 heavy (non-hydrogen) atoms. The minimum absolute atomic E-state index is 0.0989. The van der Waals surface area contributed by atoms with E-state index in [2.05, 4.69) is 21.7 Å². The van der Waals surface area contributed by atoms with E-state index in [4.69, 9.17) is 10.1 Å². The van der Waals surface area contributed by atoms with Crippen molar-refractivity contribution in [3.63, 3.8) is 0 Å². The Bertz CT molecular complexity index is 1060. The van der Waals surface area contributed by atoms with Crippen LogP contribution in [0.15, 0.2) is 21.7 Å². The Morgan fingerprint density at radius 3 is 2.86 bits per heavy atom. The topological polar surface area (TPSA) is 115 Å². The predicted molar refractivity (Wildman–Crippen MR) is 108 cm³/mol. The SMILES string of the molecule is CC(C)n1ccc(S(N)(=O)=NC(=O)Nc2c3c(nc4c2CC[C@@H]4C)CCC3)n1. The number of nitrogens with one attached hydrogen (secondary N) is 1. The van der Waals surface area contributed by atoms with E-state index in [9.17, 15) is 9.00 Å². The van der Waals surface area contributed by atoms with Gasteiger partial charge in [0, 0.05) is 23.6 Å². The molecule has 2 aliphatic rings. The Hall–Kier alpha value is -2.26. The third-order valence-electron chi connectivity index (χ3n) is 5.51. The molecule has 0 fully saturated rings. The minimum Gasteiger partial charge on any atom is -0.305 e. The number of pyridine rings is 1. The van der Waals surface area contributed by atoms with Gasteiger partial charge < -0.3 is 5.32 Å². The van der Waals surface area contributed by atoms with E-state index < -0.39 is 15.9 Å². The van der Waals surface area contributed by atoms with Crippen molar-refractivity contribution in [2.75, 3.05) is 5.32 Å². The van der Waals surface area contributed by atoms with Gasteiger partial charge in [0.1, 0.15) is 0 Å². The molecule has 0 saturated carbocycles. The number of rotatable bonds is 3. The molecule has 2 atom stereocenters. The van der Waals surface area contributed by atoms with Crippen molar-refractivity contribution in [3.05, 3.63) is 34.8 Å². The summed E-state index contributed by atoms with van der Waals surface area (Å²) in [7, 11) is -3.42. The monoisotopic (exact) mass is 402 g/mol. The molecule has 0 aromatic carbocycles. The second kappa shape index (κ2) is 6.97. The number of nitrogens with two attached hydrogens (primary N) is 1. The van der Waals surface area contributed by atoms with Crippen LogP contribution in [0, 0.1) is 0 Å². The van der Waals surface area contributed by atoms with Crippen molar-refractivity contribution < 1.29 is 9.00 Å². The molecule has 0 bridgehead atoms. The number of carbonyl (C=O) groups is 1. The van der Waals surface area contributed by atoms with Gasteiger partial charge in [0.05, 0.1) is 5.69 Å². The Morgan fingerprint density at radius 2 is 2.14 bits per heavy atom. The third kappa shape index (κ3) is 3.33. The number of hydrogen-bond acceptors (Lipinski definition) is 4. The first-order valence-electron chi connectivity index (χ1n) is 9.72. The fourth-order valence-electron chi connectivity index (χ4n) is 4.02. The van der Waals surface area contributed by atoms with Gasteiger partial charge in [-0.1, -0.05) is 6.92 Å². The second-order valence-electron chi connectivity index (χ2n) is 7.89. The molecular formula is C19H26N6O2S. The quantitative estimate of drug-likeness (QED) is 0.819. The highest BCUT2D eigenvalue weighted by molar-refractivity contribution is 7.91. The van der Waals surface area contributed by atoms with E-state index in [1.54, 1.807) is 16.9 Å². The summed E-state index contributed by atoms with van der Waals surface area (Å²) < 4.78 is 18.2. The van der Waals surface area contributed by atoms with Crippen LogP contribution in [-0.2, 0) is 29.2 Å². The fraction of sp³-hybridized carbons (Fsp3) is 0.526. The molecule has 8 nitrogen and oxygen atoms in total. The Morgan fingerprint density at radius 1 is 1.36 bits per heavy atom. The molecular weight excluding hydrogens is 376 g/mol. The molecule has 9 heteroatoms. The molecule has 0 radical (unpaired) electrons. The third-order valence-corrected chi connectivity index (χ3v) is 6.77. The first-order valence-corrected chi connectivity index (χ1v) is 11.3. The Labute approximate surface area is 165 Å². The largest absolute Gasteiger partial charge is 0.354 e. The van der Waals surface area contributed by atoms with Gasteiger partial charge >= 0.3 is 6.03 Å². The fourth-order valence-corrected chi connectivity index (χ4v) is 4.87. The van der Waals surface area contributed by atoms with Crippen LogP contribution in [0.5, 0.6) is 0 Å². The number of hydrogen-bond donors (Lipinski definition) is 2. The molecule has 2 aliphatic carbocycles. The number of nitrogens with zero attached hydrogens (tertiary/aromatic N) is 4. The lowest BCUT2D eigenvalue weighted by atomic mass is 10.0. The highest BCUT2D eigenvalue weighted by Crippen LogP contribution is 2.41. The van der Waals surface area contributed by atoms with E-state index in [-0.39, 0.29) is 11.1 Å². The normalized spacial score (nSPS) is 20.0. The zero-order valence-corrected chi connectivity index (χ0v) is 17.3. The van der Waals surface area contributed by atoms with Gasteiger partial charge in [0.2, 0.25) is 0 Å². The standard InChI is InChI=1S/C19H26N6O2S/c1-11(2)25-10-9-16(23-25)28(20,27)24-19(26)22-18-13-5-4-6-15(13)21-17-12(3)7-8-14(17)18/h9-12H,4-8H2,1-3H3,(H3,20,21,22,24,26,27)/t12-,28?/m0/s1. The van der Waals surface area contributed by atoms with E-state index in [0.29, 0.717) is 5.92 Å². The average Bonchev–Trinajstić information content (AvgIpc) is 3.34. The van der Waals surface area contributed by atoms with Gasteiger partial charge in [-0.2, -0.15) is 5.10 Å². The number of fused-ring (bicyclic) bond motifs is 2. The van der Waals surface area contributed by atoms with Crippen molar-refractivity contribution in [2.45, 2.75) is 69.9 Å². The maximum Gasteiger partial charge on any atom is 0.354 e. The molecule has 4 rings (SSSR count). The zero-order valence-electron chi connectivity index (χ0n) is 16.4. The Balaban J connectivity index is 1.67. The zero-order chi connectivity index (χ0) is 20.1. The number of amides is 2. The van der Waals surface area contributed by atoms with Gasteiger partial charge in [0.25, 0.3) is 0 Å². The van der Waals surface area contributed by atoms with Crippen LogP contribution in [0.1, 0.15) is 68.1 Å². The molecule has 2 heterocycles. The number of aromatic nitrogens is 3. The molecule has 2 aromatic rings. The number of aryl methyl sites for hydroxylation is 1. The van der Waals surface area contributed by atoms with Crippen molar-refractivity contribution in [1.29, 1.82) is 0 Å². The van der Waals surface area contributed by atoms with Gasteiger partial charge in [-0.15, -0.1) is 4.36 Å². The Kier molecular flexibility index (Phi) is 4.75. The number of anilines is 1. The number of urea groups is 1. The van der Waals surface area contributed by atoms with Crippen LogP contribution >= 0.6 is 0 Å². The average molecular weight is 403 g/mol. The maximum absolute atomic E-state index is 12.8. The maximum atomic E-state index is 12.8. The summed E-state index contributed by atoms with van der Waals surface area (Å²) in [6.45, 7) is 6.06. The van der Waals surface area contributed by atoms with Crippen LogP contribution in [0.3, 0.4) is 0 Å². The first-order chi connectivity index (χ1) is 13.3. The second-order valence-corrected chi connectivity index (χ2v) is 9.63. The molecule has 0 spiro atoms. The molecule has 0 aliphatic heterocycles. The van der Waals surface area contributed by atoms with Crippen LogP contribution in [0.2, 0.25) is 0 Å². The van der Waals surface area contributed by atoms with E-state index in [1.165, 1.54) is 0 Å². The van der Waals surface area contributed by atoms with E-state index >= 15 is 0 Å². The highest BCUT2D eigenvalue weighted by atomic mass is 32.2. The molecule has 150 valence electrons. The van der Waals surface area contributed by atoms with Gasteiger partial charge in [-0.05, 0) is 69.1 Å². The van der Waals surface area contributed by atoms with Crippen molar-refractivity contribution >= 4 is 21.6 Å². The van der Waals surface area contributed by atoms with Crippen molar-refractivity contribution in [2.24, 2.45) is 9.50 Å². The van der Waals surface area contributed by atoms with Gasteiger partial charge in [-0.3, -0.25) is 9.67 Å². The van der Waals surface area contributed by atoms with Gasteiger partial charge in [0.15, 0.2) is 14.9 Å². The summed E-state index contributed by atoms with van der Waals surface area (Å²) in [5.74, 6) is 0.382. The highest BCUT2D eigenvalue weighted by Gasteiger charge is 2.30. The summed E-state index contributed by atoms with van der Waals surface area (Å²) >= 11 is 0. The summed E-state index contributed by atoms with van der Waals surface area (Å²) in [6, 6.07) is 0.943. The lowest BCUT2D eigenvalue weighted by Gasteiger charge is -2.15. The molecule has 1 unspecified atom stereocenters.